The second-order valence-corrected chi connectivity index (χ2v) is 11.3. The third kappa shape index (κ3) is 3.87. The zero-order valence-corrected chi connectivity index (χ0v) is 24.4. The summed E-state index contributed by atoms with van der Waals surface area (Å²) in [6.45, 7) is 2.01. The summed E-state index contributed by atoms with van der Waals surface area (Å²) in [5.74, 6) is -0.198. The molecule has 2 aromatic heterocycles. The fourth-order valence-corrected chi connectivity index (χ4v) is 6.62. The Hall–Kier alpha value is -5.94. The molecule has 4 aromatic carbocycles. The molecule has 8 rings (SSSR count). The number of nitrogens with zero attached hydrogens (tertiary/aromatic N) is 5. The average molecular weight is 590 g/mol. The molecule has 7 nitrogen and oxygen atoms in total. The Bertz CT molecular complexity index is 2240. The first kappa shape index (κ1) is 26.7. The quantitative estimate of drug-likeness (QED) is 0.200. The van der Waals surface area contributed by atoms with Gasteiger partial charge in [0.2, 0.25) is 11.8 Å². The lowest BCUT2D eigenvalue weighted by atomic mass is 9.77. The van der Waals surface area contributed by atoms with Gasteiger partial charge < -0.3 is 4.74 Å². The summed E-state index contributed by atoms with van der Waals surface area (Å²) in [4.78, 5) is 29.6. The van der Waals surface area contributed by atoms with Crippen molar-refractivity contribution in [2.24, 2.45) is 0 Å². The maximum atomic E-state index is 14.2. The minimum absolute atomic E-state index is 0.0497. The van der Waals surface area contributed by atoms with Gasteiger partial charge >= 0.3 is 0 Å². The molecule has 1 saturated heterocycles. The summed E-state index contributed by atoms with van der Waals surface area (Å²) in [5, 5.41) is 9.94. The van der Waals surface area contributed by atoms with Crippen LogP contribution in [0.1, 0.15) is 28.8 Å². The number of carbonyl (C=O) groups excluding carboxylic acids is 1. The summed E-state index contributed by atoms with van der Waals surface area (Å²) >= 11 is 0. The van der Waals surface area contributed by atoms with Crippen LogP contribution >= 0.6 is 0 Å². The Morgan fingerprint density at radius 2 is 1.62 bits per heavy atom. The number of hydrogen-bond donors (Lipinski definition) is 0. The number of methoxy groups -OCH3 is 1. The SMILES string of the molecule is COc1nc(-c2ccc(N3C(=O)CC34c3ccccc3-c3nc5ccc(F)cc5nc34)cc2)cc(-c2ccc(C)cc2)c1C#N. The number of carbonyl (C=O) groups is 1. The maximum absolute atomic E-state index is 14.2. The van der Waals surface area contributed by atoms with Crippen LogP contribution in [0.5, 0.6) is 5.88 Å². The van der Waals surface area contributed by atoms with E-state index in [4.69, 9.17) is 14.7 Å². The van der Waals surface area contributed by atoms with Crippen LogP contribution in [0.25, 0.3) is 44.7 Å². The fourth-order valence-electron chi connectivity index (χ4n) is 6.62. The number of aryl methyl sites for hydroxylation is 1. The van der Waals surface area contributed by atoms with Crippen LogP contribution in [0, 0.1) is 24.1 Å². The van der Waals surface area contributed by atoms with E-state index in [0.29, 0.717) is 39.4 Å². The van der Waals surface area contributed by atoms with Crippen molar-refractivity contribution in [1.29, 1.82) is 5.26 Å². The number of rotatable bonds is 4. The van der Waals surface area contributed by atoms with Gasteiger partial charge in [-0.2, -0.15) is 5.26 Å². The average Bonchev–Trinajstić information content (AvgIpc) is 3.34. The van der Waals surface area contributed by atoms with Crippen molar-refractivity contribution < 1.29 is 13.9 Å². The number of amides is 1. The lowest BCUT2D eigenvalue weighted by Gasteiger charge is -2.50. The normalized spacial score (nSPS) is 16.3. The number of nitriles is 1. The minimum Gasteiger partial charge on any atom is -0.480 e. The number of anilines is 1. The molecule has 0 bridgehead atoms. The monoisotopic (exact) mass is 589 g/mol. The molecule has 0 N–H and O–H groups in total. The molecular weight excluding hydrogens is 565 g/mol. The predicted molar refractivity (Wildman–Crippen MR) is 169 cm³/mol. The van der Waals surface area contributed by atoms with Crippen molar-refractivity contribution >= 4 is 22.6 Å². The molecule has 0 radical (unpaired) electrons. The van der Waals surface area contributed by atoms with Gasteiger partial charge in [-0.05, 0) is 48.4 Å². The first-order valence-electron chi connectivity index (χ1n) is 14.5. The molecule has 1 atom stereocenters. The molecule has 1 aliphatic carbocycles. The zero-order valence-electron chi connectivity index (χ0n) is 24.4. The first-order chi connectivity index (χ1) is 21.9. The molecule has 1 unspecified atom stereocenters. The summed E-state index contributed by atoms with van der Waals surface area (Å²) in [5.41, 5.74) is 8.61. The Balaban J connectivity index is 1.23. The summed E-state index contributed by atoms with van der Waals surface area (Å²) in [6, 6.07) is 32.0. The van der Waals surface area contributed by atoms with Gasteiger partial charge in [0.05, 0.1) is 41.6 Å². The lowest BCUT2D eigenvalue weighted by Crippen LogP contribution is -2.61. The van der Waals surface area contributed by atoms with Gasteiger partial charge in [-0.1, -0.05) is 66.2 Å². The fraction of sp³-hybridized carbons (Fsp3) is 0.108. The van der Waals surface area contributed by atoms with Gasteiger partial charge in [0, 0.05) is 28.4 Å². The Morgan fingerprint density at radius 1 is 0.867 bits per heavy atom. The van der Waals surface area contributed by atoms with E-state index in [1.165, 1.54) is 19.2 Å². The van der Waals surface area contributed by atoms with Gasteiger partial charge in [0.1, 0.15) is 23.0 Å². The zero-order chi connectivity index (χ0) is 30.9. The Labute approximate surface area is 258 Å². The smallest absolute Gasteiger partial charge is 0.232 e. The van der Waals surface area contributed by atoms with Crippen molar-refractivity contribution in [2.75, 3.05) is 12.0 Å². The van der Waals surface area contributed by atoms with E-state index >= 15 is 0 Å². The van der Waals surface area contributed by atoms with E-state index in [-0.39, 0.29) is 18.2 Å². The van der Waals surface area contributed by atoms with Gasteiger partial charge in [-0.15, -0.1) is 0 Å². The summed E-state index contributed by atoms with van der Waals surface area (Å²) in [6.07, 6.45) is 0.225. The van der Waals surface area contributed by atoms with E-state index in [0.717, 1.165) is 33.4 Å². The van der Waals surface area contributed by atoms with Crippen LogP contribution in [-0.2, 0) is 10.3 Å². The highest BCUT2D eigenvalue weighted by Gasteiger charge is 2.60. The van der Waals surface area contributed by atoms with Crippen molar-refractivity contribution in [1.82, 2.24) is 15.0 Å². The van der Waals surface area contributed by atoms with E-state index in [1.54, 1.807) is 11.0 Å². The molecule has 1 fully saturated rings. The first-order valence-corrected chi connectivity index (χ1v) is 14.5. The maximum Gasteiger partial charge on any atom is 0.232 e. The minimum atomic E-state index is -0.855. The lowest BCUT2D eigenvalue weighted by molar-refractivity contribution is -0.126. The molecule has 6 aromatic rings. The number of pyridine rings is 1. The van der Waals surface area contributed by atoms with Crippen LogP contribution < -0.4 is 9.64 Å². The highest BCUT2D eigenvalue weighted by atomic mass is 19.1. The second kappa shape index (κ2) is 9.79. The van der Waals surface area contributed by atoms with Gasteiger partial charge in [0.15, 0.2) is 0 Å². The highest BCUT2D eigenvalue weighted by Crippen LogP contribution is 2.57. The molecule has 1 spiro atoms. The number of β-lactam (4-membered cyclic amide) rings is 1. The molecule has 0 saturated carbocycles. The van der Waals surface area contributed by atoms with Crippen LogP contribution in [0.15, 0.2) is 97.1 Å². The summed E-state index contributed by atoms with van der Waals surface area (Å²) in [7, 11) is 1.50. The van der Waals surface area contributed by atoms with Crippen LogP contribution in [0.4, 0.5) is 10.1 Å². The molecule has 8 heteroatoms. The highest BCUT2D eigenvalue weighted by molar-refractivity contribution is 6.07. The number of benzene rings is 4. The Morgan fingerprint density at radius 3 is 2.36 bits per heavy atom. The third-order valence-electron chi connectivity index (χ3n) is 8.76. The predicted octanol–water partition coefficient (Wildman–Crippen LogP) is 7.35. The van der Waals surface area contributed by atoms with Crippen molar-refractivity contribution in [3.8, 4) is 45.6 Å². The third-order valence-corrected chi connectivity index (χ3v) is 8.76. The number of aromatic nitrogens is 3. The summed E-state index contributed by atoms with van der Waals surface area (Å²) < 4.78 is 19.7. The van der Waals surface area contributed by atoms with Gasteiger partial charge in [-0.25, -0.2) is 19.3 Å². The molecule has 45 heavy (non-hydrogen) atoms. The van der Waals surface area contributed by atoms with Crippen LogP contribution in [-0.4, -0.2) is 28.0 Å². The van der Waals surface area contributed by atoms with E-state index in [1.807, 2.05) is 85.8 Å². The number of halogens is 1. The molecule has 1 amide bonds. The van der Waals surface area contributed by atoms with Crippen molar-refractivity contribution in [3.05, 3.63) is 125 Å². The van der Waals surface area contributed by atoms with E-state index in [2.05, 4.69) is 11.1 Å². The van der Waals surface area contributed by atoms with Crippen LogP contribution in [0.3, 0.4) is 0 Å². The van der Waals surface area contributed by atoms with Crippen LogP contribution in [0.2, 0.25) is 0 Å². The number of ether oxygens (including phenoxy) is 1. The number of fused-ring (bicyclic) bond motifs is 6. The largest absolute Gasteiger partial charge is 0.480 e. The topological polar surface area (TPSA) is 92.0 Å². The molecule has 3 heterocycles. The standard InChI is InChI=1S/C37H24FN5O2/c1-21-7-9-22(10-8-21)27-18-31(42-36(45-2)28(27)20-39)23-11-14-25(15-12-23)43-33(44)19-37(43)29-6-4-3-5-26(29)34-35(37)41-32-17-24(38)13-16-30(32)40-34/h3-18H,19H2,1-2H3. The molecule has 216 valence electrons. The van der Waals surface area contributed by atoms with Gasteiger partial charge in [0.25, 0.3) is 0 Å². The second-order valence-electron chi connectivity index (χ2n) is 11.3. The van der Waals surface area contributed by atoms with Crippen molar-refractivity contribution in [3.63, 3.8) is 0 Å². The molecule has 2 aliphatic rings. The molecule has 1 aliphatic heterocycles. The molecular formula is C37H24FN5O2. The van der Waals surface area contributed by atoms with Gasteiger partial charge in [-0.3, -0.25) is 9.69 Å². The number of hydrogen-bond acceptors (Lipinski definition) is 6. The Kier molecular flexibility index (Phi) is 5.80. The van der Waals surface area contributed by atoms with E-state index in [9.17, 15) is 14.4 Å². The van der Waals surface area contributed by atoms with E-state index < -0.39 is 11.4 Å². The van der Waals surface area contributed by atoms with Crippen molar-refractivity contribution in [2.45, 2.75) is 18.9 Å².